The van der Waals surface area contributed by atoms with Crippen molar-refractivity contribution in [3.05, 3.63) is 96.9 Å². The second-order valence-electron chi connectivity index (χ2n) is 9.11. The first-order valence-electron chi connectivity index (χ1n) is 11.8. The zero-order chi connectivity index (χ0) is 29.2. The minimum absolute atomic E-state index is 0.0277. The average molecular weight is 677 g/mol. The number of hydrogen-bond donors (Lipinski definition) is 2. The van der Waals surface area contributed by atoms with Crippen LogP contribution in [0.4, 0.5) is 18.9 Å². The highest BCUT2D eigenvalue weighted by Crippen LogP contribution is 2.41. The quantitative estimate of drug-likeness (QED) is 0.235. The van der Waals surface area contributed by atoms with Crippen LogP contribution in [0.15, 0.2) is 65.1 Å². The van der Waals surface area contributed by atoms with Crippen molar-refractivity contribution in [3.63, 3.8) is 0 Å². The Balaban J connectivity index is 1.49. The highest BCUT2D eigenvalue weighted by Gasteiger charge is 2.51. The van der Waals surface area contributed by atoms with E-state index in [4.69, 9.17) is 39.5 Å². The summed E-state index contributed by atoms with van der Waals surface area (Å²) in [6, 6.07) is 13.6. The molecule has 210 valence electrons. The fraction of sp³-hybridized carbons (Fsp3) is 0.214. The molecule has 3 aromatic carbocycles. The van der Waals surface area contributed by atoms with E-state index in [2.05, 4.69) is 26.6 Å². The van der Waals surface area contributed by atoms with E-state index in [1.54, 1.807) is 24.3 Å². The van der Waals surface area contributed by atoms with Gasteiger partial charge < -0.3 is 15.4 Å². The zero-order valence-electron chi connectivity index (χ0n) is 20.7. The van der Waals surface area contributed by atoms with Crippen LogP contribution in [-0.2, 0) is 4.79 Å². The van der Waals surface area contributed by atoms with Crippen molar-refractivity contribution in [2.75, 3.05) is 12.4 Å². The molecule has 2 N–H and O–H groups in total. The van der Waals surface area contributed by atoms with Gasteiger partial charge in [0.25, 0.3) is 5.91 Å². The lowest BCUT2D eigenvalue weighted by Gasteiger charge is -2.19. The molecule has 0 bridgehead atoms. The minimum Gasteiger partial charge on any atom is -0.495 e. The molecule has 1 atom stereocenters. The molecule has 1 unspecified atom stereocenters. The van der Waals surface area contributed by atoms with Crippen LogP contribution in [0.3, 0.4) is 0 Å². The van der Waals surface area contributed by atoms with Gasteiger partial charge in [-0.1, -0.05) is 65.2 Å². The van der Waals surface area contributed by atoms with Crippen LogP contribution in [0.2, 0.25) is 15.1 Å². The number of carbonyl (C=O) groups excluding carboxylic acids is 2. The molecule has 1 fully saturated rings. The van der Waals surface area contributed by atoms with Gasteiger partial charge in [0.15, 0.2) is 0 Å². The molecule has 0 aliphatic heterocycles. The maximum absolute atomic E-state index is 13.9. The normalized spacial score (nSPS) is 15.0. The van der Waals surface area contributed by atoms with Crippen LogP contribution in [0.25, 0.3) is 6.08 Å². The van der Waals surface area contributed by atoms with Crippen LogP contribution in [-0.4, -0.2) is 30.6 Å². The van der Waals surface area contributed by atoms with E-state index in [0.29, 0.717) is 34.3 Å². The van der Waals surface area contributed by atoms with Crippen LogP contribution in [0.1, 0.15) is 40.2 Å². The van der Waals surface area contributed by atoms with E-state index in [1.165, 1.54) is 31.4 Å². The number of methoxy groups -OCH3 is 1. The van der Waals surface area contributed by atoms with Gasteiger partial charge in [0, 0.05) is 4.47 Å². The Hall–Kier alpha value is -2.72. The monoisotopic (exact) mass is 674 g/mol. The number of alkyl halides is 3. The van der Waals surface area contributed by atoms with Gasteiger partial charge in [-0.15, -0.1) is 0 Å². The van der Waals surface area contributed by atoms with E-state index in [-0.39, 0.29) is 32.1 Å². The van der Waals surface area contributed by atoms with Gasteiger partial charge in [0.1, 0.15) is 11.3 Å². The molecule has 3 aromatic rings. The molecule has 40 heavy (non-hydrogen) atoms. The lowest BCUT2D eigenvalue weighted by molar-refractivity contribution is -0.139. The summed E-state index contributed by atoms with van der Waals surface area (Å²) in [6.45, 7) is 0. The first-order valence-corrected chi connectivity index (χ1v) is 13.7. The van der Waals surface area contributed by atoms with Gasteiger partial charge in [0.05, 0.1) is 39.3 Å². The van der Waals surface area contributed by atoms with E-state index in [0.717, 1.165) is 18.2 Å². The smallest absolute Gasteiger partial charge is 0.399 e. The number of carbonyl (C=O) groups is 2. The maximum atomic E-state index is 13.9. The highest BCUT2D eigenvalue weighted by molar-refractivity contribution is 9.10. The van der Waals surface area contributed by atoms with E-state index >= 15 is 0 Å². The molecule has 0 saturated heterocycles. The number of benzene rings is 3. The van der Waals surface area contributed by atoms with Crippen molar-refractivity contribution >= 4 is 74.3 Å². The van der Waals surface area contributed by atoms with E-state index in [9.17, 15) is 22.8 Å². The zero-order valence-corrected chi connectivity index (χ0v) is 24.6. The topological polar surface area (TPSA) is 67.4 Å². The molecule has 5 nitrogen and oxygen atoms in total. The van der Waals surface area contributed by atoms with Crippen molar-refractivity contribution in [1.82, 2.24) is 5.32 Å². The van der Waals surface area contributed by atoms with Crippen molar-refractivity contribution in [1.29, 1.82) is 0 Å². The predicted molar refractivity (Wildman–Crippen MR) is 154 cm³/mol. The Morgan fingerprint density at radius 2 is 1.70 bits per heavy atom. The first kappa shape index (κ1) is 30.2. The van der Waals surface area contributed by atoms with Gasteiger partial charge in [-0.2, -0.15) is 13.2 Å². The summed E-state index contributed by atoms with van der Waals surface area (Å²) in [4.78, 5) is 26.0. The highest BCUT2D eigenvalue weighted by atomic mass is 79.9. The maximum Gasteiger partial charge on any atom is 0.399 e. The molecule has 0 heterocycles. The number of hydrogen-bond acceptors (Lipinski definition) is 3. The van der Waals surface area contributed by atoms with Gasteiger partial charge in [-0.25, -0.2) is 0 Å². The number of halogens is 7. The summed E-state index contributed by atoms with van der Waals surface area (Å²) in [5.74, 6) is -2.40. The van der Waals surface area contributed by atoms with Gasteiger partial charge in [-0.05, 0) is 76.3 Å². The molecule has 1 aliphatic rings. The Morgan fingerprint density at radius 1 is 1.05 bits per heavy atom. The van der Waals surface area contributed by atoms with Crippen LogP contribution in [0.5, 0.6) is 5.75 Å². The van der Waals surface area contributed by atoms with Crippen molar-refractivity contribution < 1.29 is 27.5 Å². The summed E-state index contributed by atoms with van der Waals surface area (Å²) >= 11 is 21.1. The Morgan fingerprint density at radius 3 is 2.27 bits per heavy atom. The number of para-hydroxylation sites is 2. The number of amides is 2. The molecular formula is C28H21BrCl3F3N2O3. The molecule has 12 heteroatoms. The van der Waals surface area contributed by atoms with Gasteiger partial charge in [0.2, 0.25) is 5.91 Å². The molecule has 1 saturated carbocycles. The lowest BCUT2D eigenvalue weighted by Crippen LogP contribution is -2.46. The largest absolute Gasteiger partial charge is 0.495 e. The third-order valence-electron chi connectivity index (χ3n) is 6.33. The Bertz CT molecular complexity index is 1470. The van der Waals surface area contributed by atoms with Crippen LogP contribution < -0.4 is 15.4 Å². The second kappa shape index (κ2) is 12.0. The molecule has 0 aromatic heterocycles. The number of allylic oxidation sites excluding steroid dienone is 1. The number of nitrogens with one attached hydrogen (secondary N) is 2. The Kier molecular flexibility index (Phi) is 9.09. The molecular weight excluding hydrogens is 656 g/mol. The van der Waals surface area contributed by atoms with Crippen molar-refractivity contribution in [3.8, 4) is 5.75 Å². The van der Waals surface area contributed by atoms with Gasteiger partial charge >= 0.3 is 6.18 Å². The third-order valence-corrected chi connectivity index (χ3v) is 8.18. The summed E-state index contributed by atoms with van der Waals surface area (Å²) in [5.41, 5.74) is -0.139. The summed E-state index contributed by atoms with van der Waals surface area (Å²) in [7, 11) is 1.49. The summed E-state index contributed by atoms with van der Waals surface area (Å²) in [6.07, 6.45) is -1.47. The Labute approximate surface area is 251 Å². The predicted octanol–water partition coefficient (Wildman–Crippen LogP) is 8.68. The first-order chi connectivity index (χ1) is 18.8. The van der Waals surface area contributed by atoms with Crippen molar-refractivity contribution in [2.24, 2.45) is 0 Å². The second-order valence-corrected chi connectivity index (χ2v) is 11.2. The molecule has 4 rings (SSSR count). The van der Waals surface area contributed by atoms with E-state index < -0.39 is 23.5 Å². The molecule has 2 amide bonds. The number of rotatable bonds is 8. The molecule has 1 aliphatic carbocycles. The number of ether oxygens (including phenoxy) is 1. The minimum atomic E-state index is -4.63. The van der Waals surface area contributed by atoms with Crippen LogP contribution in [0, 0.1) is 0 Å². The van der Waals surface area contributed by atoms with Crippen LogP contribution >= 0.6 is 50.7 Å². The van der Waals surface area contributed by atoms with Gasteiger partial charge in [-0.3, -0.25) is 9.59 Å². The number of anilines is 1. The SMILES string of the molecule is COc1ccccc1NC(=O)C1(NC(=O)c2ccc(C=CC(c3cc(Cl)c(Cl)c(Cl)c3)C(F)(F)F)cc2Br)CC1. The molecule has 0 spiro atoms. The third kappa shape index (κ3) is 6.77. The van der Waals surface area contributed by atoms with Crippen molar-refractivity contribution in [2.45, 2.75) is 30.5 Å². The van der Waals surface area contributed by atoms with E-state index in [1.807, 2.05) is 0 Å². The lowest BCUT2D eigenvalue weighted by atomic mass is 9.97. The molecule has 0 radical (unpaired) electrons. The summed E-state index contributed by atoms with van der Waals surface area (Å²) < 4.78 is 47.2. The standard InChI is InChI=1S/C28H21BrCl3F3N2O3/c1-40-23-5-3-2-4-22(23)36-26(39)27(10-11-27)37-25(38)17-8-6-15(12-19(17)29)7-9-18(28(33,34)35)16-13-20(30)24(32)21(31)14-16/h2-9,12-14,18H,10-11H2,1H3,(H,36,39)(H,37,38). The average Bonchev–Trinajstić information content (AvgIpc) is 3.67. The fourth-order valence-electron chi connectivity index (χ4n) is 4.00. The summed E-state index contributed by atoms with van der Waals surface area (Å²) in [5, 5.41) is 5.37. The fourth-order valence-corrected chi connectivity index (χ4v) is 5.19.